The van der Waals surface area contributed by atoms with E-state index in [4.69, 9.17) is 9.88 Å². The molecule has 0 radical (unpaired) electrons. The van der Waals surface area contributed by atoms with E-state index in [1.54, 1.807) is 19.1 Å². The second-order valence-corrected chi connectivity index (χ2v) is 7.15. The van der Waals surface area contributed by atoms with E-state index in [0.29, 0.717) is 17.7 Å². The maximum Gasteiger partial charge on any atom is 0.238 e. The molecule has 3 N–H and O–H groups in total. The van der Waals surface area contributed by atoms with Gasteiger partial charge >= 0.3 is 0 Å². The number of primary sulfonamides is 1. The lowest BCUT2D eigenvalue weighted by Gasteiger charge is -2.31. The first-order valence-electron chi connectivity index (χ1n) is 7.42. The molecule has 1 aromatic rings. The number of hydrogen-bond donors (Lipinski definition) is 2. The predicted octanol–water partition coefficient (Wildman–Crippen LogP) is 2.40. The van der Waals surface area contributed by atoms with Crippen molar-refractivity contribution < 1.29 is 13.2 Å². The summed E-state index contributed by atoms with van der Waals surface area (Å²) in [6.07, 6.45) is 4.35. The molecule has 1 heterocycles. The number of nitrogens with one attached hydrogen (secondary N) is 1. The van der Waals surface area contributed by atoms with E-state index in [-0.39, 0.29) is 4.90 Å². The molecular weight excluding hydrogens is 288 g/mol. The minimum Gasteiger partial charge on any atom is -0.382 e. The molecule has 118 valence electrons. The Bertz CT molecular complexity index is 585. The SMILES string of the molecule is CCCC1CC(Nc2cccc(S(N)(=O)=O)c2C)CCO1. The van der Waals surface area contributed by atoms with Gasteiger partial charge in [0.1, 0.15) is 0 Å². The van der Waals surface area contributed by atoms with Gasteiger partial charge in [-0.2, -0.15) is 0 Å². The number of nitrogens with two attached hydrogens (primary N) is 1. The van der Waals surface area contributed by atoms with Crippen LogP contribution in [0.4, 0.5) is 5.69 Å². The average molecular weight is 312 g/mol. The Hall–Kier alpha value is -1.11. The zero-order valence-corrected chi connectivity index (χ0v) is 13.4. The van der Waals surface area contributed by atoms with Crippen molar-refractivity contribution in [1.29, 1.82) is 0 Å². The molecule has 1 aliphatic heterocycles. The van der Waals surface area contributed by atoms with Crippen LogP contribution >= 0.6 is 0 Å². The number of ether oxygens (including phenoxy) is 1. The van der Waals surface area contributed by atoms with Gasteiger partial charge in [0, 0.05) is 18.3 Å². The summed E-state index contributed by atoms with van der Waals surface area (Å²) in [5.41, 5.74) is 1.52. The topological polar surface area (TPSA) is 81.4 Å². The molecule has 2 atom stereocenters. The lowest BCUT2D eigenvalue weighted by molar-refractivity contribution is 0.00596. The van der Waals surface area contributed by atoms with Crippen molar-refractivity contribution in [2.45, 2.75) is 56.6 Å². The van der Waals surface area contributed by atoms with Gasteiger partial charge in [-0.15, -0.1) is 0 Å². The summed E-state index contributed by atoms with van der Waals surface area (Å²) in [6.45, 7) is 4.68. The maximum absolute atomic E-state index is 11.6. The molecule has 6 heteroatoms. The van der Waals surface area contributed by atoms with Crippen molar-refractivity contribution in [3.8, 4) is 0 Å². The summed E-state index contributed by atoms with van der Waals surface area (Å²) >= 11 is 0. The van der Waals surface area contributed by atoms with Gasteiger partial charge in [-0.05, 0) is 43.9 Å². The van der Waals surface area contributed by atoms with E-state index in [2.05, 4.69) is 12.2 Å². The molecule has 1 aromatic carbocycles. The minimum absolute atomic E-state index is 0.185. The van der Waals surface area contributed by atoms with Crippen LogP contribution in [0.15, 0.2) is 23.1 Å². The Morgan fingerprint density at radius 1 is 1.43 bits per heavy atom. The van der Waals surface area contributed by atoms with E-state index >= 15 is 0 Å². The van der Waals surface area contributed by atoms with Crippen LogP contribution in [0.5, 0.6) is 0 Å². The predicted molar refractivity (Wildman–Crippen MR) is 83.8 cm³/mol. The van der Waals surface area contributed by atoms with Crippen LogP contribution in [0.1, 0.15) is 38.2 Å². The van der Waals surface area contributed by atoms with Gasteiger partial charge in [0.2, 0.25) is 10.0 Å². The molecule has 1 saturated heterocycles. The molecule has 0 aromatic heterocycles. The fraction of sp³-hybridized carbons (Fsp3) is 0.600. The largest absolute Gasteiger partial charge is 0.382 e. The van der Waals surface area contributed by atoms with E-state index in [0.717, 1.165) is 38.0 Å². The zero-order chi connectivity index (χ0) is 15.5. The highest BCUT2D eigenvalue weighted by molar-refractivity contribution is 7.89. The minimum atomic E-state index is -3.68. The molecular formula is C15H24N2O3S. The van der Waals surface area contributed by atoms with E-state index < -0.39 is 10.0 Å². The number of hydrogen-bond acceptors (Lipinski definition) is 4. The molecule has 2 unspecified atom stereocenters. The Morgan fingerprint density at radius 3 is 2.86 bits per heavy atom. The van der Waals surface area contributed by atoms with Gasteiger partial charge in [0.25, 0.3) is 0 Å². The van der Waals surface area contributed by atoms with Crippen LogP contribution in [0, 0.1) is 6.92 Å². The molecule has 0 bridgehead atoms. The zero-order valence-electron chi connectivity index (χ0n) is 12.6. The summed E-state index contributed by atoms with van der Waals surface area (Å²) in [4.78, 5) is 0.185. The number of rotatable bonds is 5. The van der Waals surface area contributed by atoms with Gasteiger partial charge in [-0.1, -0.05) is 19.4 Å². The summed E-state index contributed by atoms with van der Waals surface area (Å²) in [6, 6.07) is 5.47. The third-order valence-electron chi connectivity index (χ3n) is 3.93. The standard InChI is InChI=1S/C15H24N2O3S/c1-3-5-13-10-12(8-9-20-13)17-14-6-4-7-15(11(14)2)21(16,18)19/h4,6-7,12-13,17H,3,5,8-10H2,1-2H3,(H2,16,18,19). The summed E-state index contributed by atoms with van der Waals surface area (Å²) < 4.78 is 28.9. The Kier molecular flexibility index (Phi) is 5.24. The molecule has 5 nitrogen and oxygen atoms in total. The monoisotopic (exact) mass is 312 g/mol. The van der Waals surface area contributed by atoms with E-state index in [9.17, 15) is 8.42 Å². The van der Waals surface area contributed by atoms with Crippen molar-refractivity contribution in [2.24, 2.45) is 5.14 Å². The third-order valence-corrected chi connectivity index (χ3v) is 4.98. The molecule has 0 saturated carbocycles. The molecule has 1 aliphatic rings. The van der Waals surface area contributed by atoms with Crippen LogP contribution in [0.25, 0.3) is 0 Å². The normalized spacial score (nSPS) is 23.0. The lowest BCUT2D eigenvalue weighted by atomic mass is 9.99. The molecule has 2 rings (SSSR count). The summed E-state index contributed by atoms with van der Waals surface area (Å²) in [5, 5.41) is 8.70. The Morgan fingerprint density at radius 2 is 2.19 bits per heavy atom. The molecule has 0 spiro atoms. The van der Waals surface area contributed by atoms with Crippen LogP contribution in [0.2, 0.25) is 0 Å². The van der Waals surface area contributed by atoms with Crippen LogP contribution in [-0.2, 0) is 14.8 Å². The number of benzene rings is 1. The fourth-order valence-corrected chi connectivity index (χ4v) is 3.64. The summed E-state index contributed by atoms with van der Waals surface area (Å²) in [7, 11) is -3.68. The fourth-order valence-electron chi connectivity index (χ4n) is 2.83. The first kappa shape index (κ1) is 16.3. The lowest BCUT2D eigenvalue weighted by Crippen LogP contribution is -2.34. The van der Waals surface area contributed by atoms with E-state index in [1.165, 1.54) is 0 Å². The number of sulfonamides is 1. The van der Waals surface area contributed by atoms with Crippen LogP contribution in [-0.4, -0.2) is 27.2 Å². The van der Waals surface area contributed by atoms with Gasteiger partial charge in [0.15, 0.2) is 0 Å². The Labute approximate surface area is 126 Å². The quantitative estimate of drug-likeness (QED) is 0.875. The highest BCUT2D eigenvalue weighted by atomic mass is 32.2. The third kappa shape index (κ3) is 4.18. The second-order valence-electron chi connectivity index (χ2n) is 5.62. The Balaban J connectivity index is 2.13. The first-order chi connectivity index (χ1) is 9.91. The van der Waals surface area contributed by atoms with Gasteiger partial charge in [0.05, 0.1) is 11.0 Å². The van der Waals surface area contributed by atoms with Crippen molar-refractivity contribution >= 4 is 15.7 Å². The van der Waals surface area contributed by atoms with Gasteiger partial charge in [-0.25, -0.2) is 13.6 Å². The van der Waals surface area contributed by atoms with Crippen molar-refractivity contribution in [3.63, 3.8) is 0 Å². The molecule has 0 amide bonds. The van der Waals surface area contributed by atoms with Crippen molar-refractivity contribution in [3.05, 3.63) is 23.8 Å². The van der Waals surface area contributed by atoms with Crippen molar-refractivity contribution in [2.75, 3.05) is 11.9 Å². The van der Waals surface area contributed by atoms with Crippen LogP contribution in [0.3, 0.4) is 0 Å². The van der Waals surface area contributed by atoms with Gasteiger partial charge < -0.3 is 10.1 Å². The van der Waals surface area contributed by atoms with Gasteiger partial charge in [-0.3, -0.25) is 0 Å². The highest BCUT2D eigenvalue weighted by Gasteiger charge is 2.23. The first-order valence-corrected chi connectivity index (χ1v) is 8.97. The molecule has 0 aliphatic carbocycles. The second kappa shape index (κ2) is 6.77. The smallest absolute Gasteiger partial charge is 0.238 e. The molecule has 1 fully saturated rings. The number of anilines is 1. The molecule has 21 heavy (non-hydrogen) atoms. The summed E-state index contributed by atoms with van der Waals surface area (Å²) in [5.74, 6) is 0. The van der Waals surface area contributed by atoms with Crippen LogP contribution < -0.4 is 10.5 Å². The van der Waals surface area contributed by atoms with Crippen molar-refractivity contribution in [1.82, 2.24) is 0 Å². The average Bonchev–Trinajstić information content (AvgIpc) is 2.41. The highest BCUT2D eigenvalue weighted by Crippen LogP contribution is 2.26. The van der Waals surface area contributed by atoms with E-state index in [1.807, 2.05) is 6.07 Å². The maximum atomic E-state index is 11.6.